The molecule has 1 N–H and O–H groups in total. The number of rotatable bonds is 6. The Labute approximate surface area is 135 Å². The molecule has 2 aromatic rings. The van der Waals surface area contributed by atoms with Crippen molar-refractivity contribution >= 4 is 15.9 Å². The average molecular weight is 348 g/mol. The molecule has 0 aliphatic heterocycles. The second kappa shape index (κ2) is 7.62. The molecule has 0 aromatic heterocycles. The van der Waals surface area contributed by atoms with Gasteiger partial charge in [-0.2, -0.15) is 0 Å². The van der Waals surface area contributed by atoms with Gasteiger partial charge in [0.2, 0.25) is 0 Å². The van der Waals surface area contributed by atoms with Gasteiger partial charge in [-0.05, 0) is 83.7 Å². The van der Waals surface area contributed by atoms with Crippen molar-refractivity contribution in [1.82, 2.24) is 5.32 Å². The third-order valence-corrected chi connectivity index (χ3v) is 4.08. The molecule has 21 heavy (non-hydrogen) atoms. The van der Waals surface area contributed by atoms with E-state index >= 15 is 0 Å². The van der Waals surface area contributed by atoms with Crippen LogP contribution in [-0.2, 0) is 6.54 Å². The Balaban J connectivity index is 2.08. The number of aryl methyl sites for hydroxylation is 2. The maximum absolute atomic E-state index is 5.96. The van der Waals surface area contributed by atoms with Gasteiger partial charge < -0.3 is 10.1 Å². The first kappa shape index (κ1) is 16.1. The number of benzene rings is 2. The Kier molecular flexibility index (Phi) is 5.83. The normalized spacial score (nSPS) is 10.7. The topological polar surface area (TPSA) is 21.3 Å². The van der Waals surface area contributed by atoms with E-state index in [2.05, 4.69) is 66.3 Å². The monoisotopic (exact) mass is 347 g/mol. The highest BCUT2D eigenvalue weighted by Gasteiger charge is 2.05. The molecule has 2 nitrogen and oxygen atoms in total. The highest BCUT2D eigenvalue weighted by Crippen LogP contribution is 2.31. The maximum Gasteiger partial charge on any atom is 0.141 e. The molecule has 0 unspecified atom stereocenters. The second-order valence-electron chi connectivity index (χ2n) is 5.29. The van der Waals surface area contributed by atoms with Crippen molar-refractivity contribution in [2.24, 2.45) is 0 Å². The first-order valence-electron chi connectivity index (χ1n) is 7.34. The third kappa shape index (κ3) is 4.58. The van der Waals surface area contributed by atoms with Crippen LogP contribution in [-0.4, -0.2) is 6.54 Å². The quantitative estimate of drug-likeness (QED) is 0.710. The molecule has 0 fully saturated rings. The van der Waals surface area contributed by atoms with Crippen LogP contribution in [0.3, 0.4) is 0 Å². The Morgan fingerprint density at radius 3 is 2.52 bits per heavy atom. The van der Waals surface area contributed by atoms with Crippen LogP contribution in [0.1, 0.15) is 30.0 Å². The Morgan fingerprint density at radius 1 is 1.05 bits per heavy atom. The first-order chi connectivity index (χ1) is 10.1. The summed E-state index contributed by atoms with van der Waals surface area (Å²) in [6.07, 6.45) is 1.15. The fourth-order valence-electron chi connectivity index (χ4n) is 2.05. The highest BCUT2D eigenvalue weighted by molar-refractivity contribution is 9.10. The summed E-state index contributed by atoms with van der Waals surface area (Å²) in [5.41, 5.74) is 3.77. The van der Waals surface area contributed by atoms with Crippen molar-refractivity contribution in [2.45, 2.75) is 33.7 Å². The molecular formula is C18H22BrNO. The van der Waals surface area contributed by atoms with Crippen molar-refractivity contribution in [2.75, 3.05) is 6.54 Å². The minimum absolute atomic E-state index is 0.845. The molecule has 112 valence electrons. The van der Waals surface area contributed by atoms with E-state index in [1.165, 1.54) is 16.7 Å². The van der Waals surface area contributed by atoms with E-state index in [0.717, 1.165) is 35.5 Å². The Hall–Kier alpha value is -1.32. The fraction of sp³-hybridized carbons (Fsp3) is 0.333. The van der Waals surface area contributed by atoms with Crippen LogP contribution in [0, 0.1) is 13.8 Å². The van der Waals surface area contributed by atoms with Gasteiger partial charge in [0, 0.05) is 6.54 Å². The van der Waals surface area contributed by atoms with Crippen LogP contribution in [0.15, 0.2) is 40.9 Å². The zero-order chi connectivity index (χ0) is 15.2. The summed E-state index contributed by atoms with van der Waals surface area (Å²) in [6, 6.07) is 12.4. The second-order valence-corrected chi connectivity index (χ2v) is 6.14. The van der Waals surface area contributed by atoms with E-state index in [4.69, 9.17) is 4.74 Å². The smallest absolute Gasteiger partial charge is 0.141 e. The van der Waals surface area contributed by atoms with E-state index in [-0.39, 0.29) is 0 Å². The van der Waals surface area contributed by atoms with Gasteiger partial charge in [0.15, 0.2) is 0 Å². The lowest BCUT2D eigenvalue weighted by Gasteiger charge is -2.11. The summed E-state index contributed by atoms with van der Waals surface area (Å²) < 4.78 is 6.94. The minimum atomic E-state index is 0.845. The van der Waals surface area contributed by atoms with Crippen LogP contribution in [0.2, 0.25) is 0 Å². The molecule has 0 aliphatic carbocycles. The number of halogens is 1. The van der Waals surface area contributed by atoms with E-state index in [9.17, 15) is 0 Å². The molecule has 2 rings (SSSR count). The van der Waals surface area contributed by atoms with Crippen molar-refractivity contribution in [1.29, 1.82) is 0 Å². The fourth-order valence-corrected chi connectivity index (χ4v) is 2.56. The van der Waals surface area contributed by atoms with Crippen molar-refractivity contribution in [3.8, 4) is 11.5 Å². The lowest BCUT2D eigenvalue weighted by atomic mass is 10.1. The van der Waals surface area contributed by atoms with Crippen molar-refractivity contribution < 1.29 is 4.74 Å². The summed E-state index contributed by atoms with van der Waals surface area (Å²) in [5, 5.41) is 3.40. The summed E-state index contributed by atoms with van der Waals surface area (Å²) in [6.45, 7) is 8.30. The minimum Gasteiger partial charge on any atom is -0.456 e. The lowest BCUT2D eigenvalue weighted by molar-refractivity contribution is 0.478. The molecule has 0 atom stereocenters. The molecule has 3 heteroatoms. The van der Waals surface area contributed by atoms with Crippen LogP contribution in [0.25, 0.3) is 0 Å². The number of hydrogen-bond acceptors (Lipinski definition) is 2. The molecule has 0 heterocycles. The molecule has 0 amide bonds. The number of hydrogen-bond donors (Lipinski definition) is 1. The number of nitrogens with one attached hydrogen (secondary N) is 1. The van der Waals surface area contributed by atoms with Gasteiger partial charge >= 0.3 is 0 Å². The Bertz CT molecular complexity index is 610. The first-order valence-corrected chi connectivity index (χ1v) is 8.13. The largest absolute Gasteiger partial charge is 0.456 e. The van der Waals surface area contributed by atoms with Crippen LogP contribution < -0.4 is 10.1 Å². The summed E-state index contributed by atoms with van der Waals surface area (Å²) in [5.74, 6) is 1.72. The molecule has 0 saturated heterocycles. The average Bonchev–Trinajstić information content (AvgIpc) is 2.46. The standard InChI is InChI=1S/C18H22BrNO/c1-4-9-20-12-15-6-8-18(17(19)11-15)21-16-7-5-13(2)14(3)10-16/h5-8,10-11,20H,4,9,12H2,1-3H3. The molecule has 0 aliphatic rings. The molecule has 0 radical (unpaired) electrons. The molecule has 0 spiro atoms. The van der Waals surface area contributed by atoms with E-state index < -0.39 is 0 Å². The number of ether oxygens (including phenoxy) is 1. The predicted octanol–water partition coefficient (Wildman–Crippen LogP) is 5.36. The lowest BCUT2D eigenvalue weighted by Crippen LogP contribution is -2.13. The summed E-state index contributed by atoms with van der Waals surface area (Å²) in [4.78, 5) is 0. The third-order valence-electron chi connectivity index (χ3n) is 3.46. The van der Waals surface area contributed by atoms with Gasteiger partial charge in [0.25, 0.3) is 0 Å². The van der Waals surface area contributed by atoms with Crippen molar-refractivity contribution in [3.05, 3.63) is 57.6 Å². The zero-order valence-electron chi connectivity index (χ0n) is 12.9. The summed E-state index contributed by atoms with van der Waals surface area (Å²) >= 11 is 3.59. The van der Waals surface area contributed by atoms with Gasteiger partial charge in [0.1, 0.15) is 11.5 Å². The molecular weight excluding hydrogens is 326 g/mol. The van der Waals surface area contributed by atoms with Gasteiger partial charge in [-0.25, -0.2) is 0 Å². The molecule has 0 bridgehead atoms. The van der Waals surface area contributed by atoms with Gasteiger partial charge in [-0.1, -0.05) is 19.1 Å². The predicted molar refractivity (Wildman–Crippen MR) is 92.1 cm³/mol. The van der Waals surface area contributed by atoms with Crippen LogP contribution in [0.4, 0.5) is 0 Å². The summed E-state index contributed by atoms with van der Waals surface area (Å²) in [7, 11) is 0. The van der Waals surface area contributed by atoms with Gasteiger partial charge in [0.05, 0.1) is 4.47 Å². The maximum atomic E-state index is 5.96. The van der Waals surface area contributed by atoms with Gasteiger partial charge in [-0.3, -0.25) is 0 Å². The van der Waals surface area contributed by atoms with Crippen LogP contribution in [0.5, 0.6) is 11.5 Å². The van der Waals surface area contributed by atoms with Crippen molar-refractivity contribution in [3.63, 3.8) is 0 Å². The van der Waals surface area contributed by atoms with E-state index in [1.54, 1.807) is 0 Å². The zero-order valence-corrected chi connectivity index (χ0v) is 14.5. The van der Waals surface area contributed by atoms with E-state index in [0.29, 0.717) is 0 Å². The Morgan fingerprint density at radius 2 is 1.86 bits per heavy atom. The molecule has 2 aromatic carbocycles. The van der Waals surface area contributed by atoms with Crippen LogP contribution >= 0.6 is 15.9 Å². The van der Waals surface area contributed by atoms with E-state index in [1.807, 2.05) is 12.1 Å². The molecule has 0 saturated carbocycles. The van der Waals surface area contributed by atoms with Gasteiger partial charge in [-0.15, -0.1) is 0 Å². The highest BCUT2D eigenvalue weighted by atomic mass is 79.9. The SMILES string of the molecule is CCCNCc1ccc(Oc2ccc(C)c(C)c2)c(Br)c1.